The van der Waals surface area contributed by atoms with Crippen molar-refractivity contribution in [3.63, 3.8) is 0 Å². The van der Waals surface area contributed by atoms with E-state index in [0.717, 1.165) is 15.9 Å². The molecule has 0 aliphatic carbocycles. The van der Waals surface area contributed by atoms with Gasteiger partial charge in [0.1, 0.15) is 5.42 Å². The fourth-order valence-corrected chi connectivity index (χ4v) is 12.3. The largest absolute Gasteiger partial charge is 0.477 e. The molecule has 1 saturated heterocycles. The second kappa shape index (κ2) is 14.4. The number of Topliss-reactive ketones (excluding diaryl/α,β-unsaturated/α-hetero) is 1. The van der Waals surface area contributed by atoms with E-state index in [1.165, 1.54) is 4.90 Å². The Kier molecular flexibility index (Phi) is 10.7. The number of nitrogens with zero attached hydrogens (tertiary/aromatic N) is 1. The number of carboxylic acids is 1. The Bertz CT molecular complexity index is 1750. The molecule has 4 aromatic carbocycles. The van der Waals surface area contributed by atoms with Crippen molar-refractivity contribution in [2.45, 2.75) is 71.0 Å². The fraction of sp³-hybridized carbons (Fsp3) is 0.300. The number of aliphatic carboxylic acids is 1. The van der Waals surface area contributed by atoms with E-state index in [-0.39, 0.29) is 35.2 Å². The zero-order valence-corrected chi connectivity index (χ0v) is 30.9. The van der Waals surface area contributed by atoms with Crippen molar-refractivity contribution >= 4 is 54.2 Å². The first-order valence-electron chi connectivity index (χ1n) is 16.6. The number of carbonyl (C=O) groups is 3. The molecule has 2 N–H and O–H groups in total. The number of aliphatic hydroxyl groups is 1. The smallest absolute Gasteiger partial charge is 0.353 e. The summed E-state index contributed by atoms with van der Waals surface area (Å²) in [6, 6.07) is 34.6. The molecule has 9 heteroatoms. The highest BCUT2D eigenvalue weighted by molar-refractivity contribution is 7.96. The van der Waals surface area contributed by atoms with Gasteiger partial charge in [-0.15, -0.1) is 0 Å². The summed E-state index contributed by atoms with van der Waals surface area (Å²) in [5.74, 6) is -2.51. The highest BCUT2D eigenvalue weighted by Gasteiger charge is 2.57. The van der Waals surface area contributed by atoms with E-state index in [4.69, 9.17) is 4.43 Å². The average Bonchev–Trinajstić information content (AvgIpc) is 3.08. The second-order valence-corrected chi connectivity index (χ2v) is 22.2. The summed E-state index contributed by atoms with van der Waals surface area (Å²) in [6.07, 6.45) is -0.637. The Hall–Kier alpha value is -4.07. The second-order valence-electron chi connectivity index (χ2n) is 14.2. The van der Waals surface area contributed by atoms with Gasteiger partial charge in [-0.25, -0.2) is 4.79 Å². The minimum Gasteiger partial charge on any atom is -0.477 e. The van der Waals surface area contributed by atoms with Crippen LogP contribution < -0.4 is 15.9 Å². The summed E-state index contributed by atoms with van der Waals surface area (Å²) < 4.78 is 6.76. The first-order chi connectivity index (χ1) is 23.2. The molecule has 1 aliphatic heterocycles. The highest BCUT2D eigenvalue weighted by atomic mass is 31.2. The lowest BCUT2D eigenvalue weighted by Gasteiger charge is -2.52. The van der Waals surface area contributed by atoms with Crippen LogP contribution in [0.4, 0.5) is 0 Å². The summed E-state index contributed by atoms with van der Waals surface area (Å²) in [7, 11) is -2.35. The van der Waals surface area contributed by atoms with E-state index < -0.39 is 39.2 Å². The maximum atomic E-state index is 14.7. The first-order valence-corrected chi connectivity index (χ1v) is 21.3. The normalized spacial score (nSPS) is 17.3. The maximum absolute atomic E-state index is 14.7. The Balaban J connectivity index is 1.78. The van der Waals surface area contributed by atoms with Crippen LogP contribution in [0.25, 0.3) is 0 Å². The zero-order chi connectivity index (χ0) is 35.6. The Morgan fingerprint density at radius 3 is 1.65 bits per heavy atom. The van der Waals surface area contributed by atoms with E-state index in [1.807, 2.05) is 97.9 Å². The lowest BCUT2D eigenvalue weighted by molar-refractivity contribution is -0.155. The van der Waals surface area contributed by atoms with Gasteiger partial charge in [-0.2, -0.15) is 0 Å². The summed E-state index contributed by atoms with van der Waals surface area (Å²) in [5.41, 5.74) is 1.08. The molecule has 5 rings (SSSR count). The van der Waals surface area contributed by atoms with Gasteiger partial charge in [-0.05, 0) is 46.5 Å². The lowest BCUT2D eigenvalue weighted by atomic mass is 9.79. The number of carboxylic acid groups (broad SMARTS) is 1. The third kappa shape index (κ3) is 6.88. The number of carbonyl (C=O) groups excluding carboxylic acids is 2. The Morgan fingerprint density at radius 1 is 0.816 bits per heavy atom. The number of likely N-dealkylation sites (tertiary alicyclic amines) is 1. The van der Waals surface area contributed by atoms with Crippen molar-refractivity contribution in [1.29, 1.82) is 0 Å². The van der Waals surface area contributed by atoms with Crippen LogP contribution in [0.5, 0.6) is 0 Å². The zero-order valence-electron chi connectivity index (χ0n) is 29.0. The van der Waals surface area contributed by atoms with Crippen molar-refractivity contribution in [2.75, 3.05) is 0 Å². The first kappa shape index (κ1) is 36.2. The van der Waals surface area contributed by atoms with Crippen molar-refractivity contribution in [3.05, 3.63) is 126 Å². The van der Waals surface area contributed by atoms with E-state index in [9.17, 15) is 24.6 Å². The van der Waals surface area contributed by atoms with E-state index >= 15 is 0 Å². The molecule has 0 bridgehead atoms. The standard InChI is InChI=1S/C40H46NO6PSi/c1-28(47-49(5,6)40(2,3)4)36-34(26-35(43)30-24-22-29(27-42)23-25-30)41(37(36)44)38(39(45)46)48(31-16-10-7-11-17-31,32-18-12-8-13-19-32)33-20-14-9-15-21-33/h7-25,28,34,36,42H,26-27H2,1-6H3,(H,45,46)/t28-,34-,36-/m1/s1. The molecule has 1 amide bonds. The molecule has 3 atom stereocenters. The molecular formula is C40H46NO6PSi. The van der Waals surface area contributed by atoms with Crippen molar-refractivity contribution < 1.29 is 29.0 Å². The van der Waals surface area contributed by atoms with Gasteiger partial charge in [0, 0.05) is 18.9 Å². The molecule has 49 heavy (non-hydrogen) atoms. The molecular weight excluding hydrogens is 650 g/mol. The number of hydrogen-bond acceptors (Lipinski definition) is 5. The molecule has 1 fully saturated rings. The van der Waals surface area contributed by atoms with Gasteiger partial charge in [0.05, 0.1) is 24.7 Å². The summed E-state index contributed by atoms with van der Waals surface area (Å²) in [5, 5.41) is 23.1. The third-order valence-electron chi connectivity index (χ3n) is 10.1. The molecule has 7 nitrogen and oxygen atoms in total. The minimum absolute atomic E-state index is 0.0229. The molecule has 0 spiro atoms. The van der Waals surface area contributed by atoms with Crippen LogP contribution in [0, 0.1) is 5.92 Å². The summed E-state index contributed by atoms with van der Waals surface area (Å²) in [4.78, 5) is 44.0. The predicted molar refractivity (Wildman–Crippen MR) is 201 cm³/mol. The van der Waals surface area contributed by atoms with Gasteiger partial charge in [0.25, 0.3) is 0 Å². The van der Waals surface area contributed by atoms with Crippen LogP contribution in [-0.2, 0) is 20.6 Å². The van der Waals surface area contributed by atoms with E-state index in [2.05, 4.69) is 33.9 Å². The molecule has 0 unspecified atom stereocenters. The van der Waals surface area contributed by atoms with Crippen LogP contribution in [0.1, 0.15) is 50.0 Å². The SMILES string of the molecule is C[C@@H](O[Si](C)(C)C(C)(C)C)[C@H]1C(=O)N(C(C(=O)O)=P(c2ccccc2)(c2ccccc2)c2ccccc2)[C@@H]1CC(=O)c1ccc(CO)cc1. The predicted octanol–water partition coefficient (Wildman–Crippen LogP) is 6.20. The lowest BCUT2D eigenvalue weighted by Crippen LogP contribution is -2.69. The highest BCUT2D eigenvalue weighted by Crippen LogP contribution is 2.50. The maximum Gasteiger partial charge on any atom is 0.353 e. The van der Waals surface area contributed by atoms with Gasteiger partial charge in [-0.1, -0.05) is 136 Å². The van der Waals surface area contributed by atoms with Crippen LogP contribution >= 0.6 is 6.89 Å². The van der Waals surface area contributed by atoms with E-state index in [0.29, 0.717) is 11.1 Å². The van der Waals surface area contributed by atoms with Gasteiger partial charge in [0.15, 0.2) is 14.1 Å². The molecule has 0 aromatic heterocycles. The molecule has 0 saturated carbocycles. The number of rotatable bonds is 12. The third-order valence-corrected chi connectivity index (χ3v) is 18.9. The van der Waals surface area contributed by atoms with Gasteiger partial charge in [-0.3, -0.25) is 9.59 Å². The topological polar surface area (TPSA) is 104 Å². The van der Waals surface area contributed by atoms with Crippen molar-refractivity contribution in [2.24, 2.45) is 5.92 Å². The number of ketones is 1. The number of amides is 1. The van der Waals surface area contributed by atoms with Crippen LogP contribution in [0.15, 0.2) is 115 Å². The van der Waals surface area contributed by atoms with Crippen LogP contribution in [0.2, 0.25) is 18.1 Å². The quantitative estimate of drug-likeness (QED) is 0.0793. The number of hydrogen-bond donors (Lipinski definition) is 2. The number of benzene rings is 4. The van der Waals surface area contributed by atoms with Gasteiger partial charge in [0.2, 0.25) is 5.91 Å². The average molecular weight is 696 g/mol. The van der Waals surface area contributed by atoms with Crippen LogP contribution in [0.3, 0.4) is 0 Å². The Labute approximate surface area is 290 Å². The van der Waals surface area contributed by atoms with Crippen molar-refractivity contribution in [1.82, 2.24) is 4.90 Å². The number of aliphatic hydroxyl groups excluding tert-OH is 1. The Morgan fingerprint density at radius 2 is 1.27 bits per heavy atom. The van der Waals surface area contributed by atoms with Gasteiger partial charge < -0.3 is 19.5 Å². The molecule has 1 heterocycles. The number of β-lactam (4-membered cyclic amide) rings is 1. The van der Waals surface area contributed by atoms with E-state index in [1.54, 1.807) is 24.3 Å². The monoisotopic (exact) mass is 695 g/mol. The molecule has 256 valence electrons. The molecule has 1 aliphatic rings. The molecule has 4 aromatic rings. The summed E-state index contributed by atoms with van der Waals surface area (Å²) in [6.45, 7) is 9.16. The minimum atomic E-state index is -3.22. The van der Waals surface area contributed by atoms with Gasteiger partial charge >= 0.3 is 5.97 Å². The summed E-state index contributed by atoms with van der Waals surface area (Å²) >= 11 is 0. The fourth-order valence-electron chi connectivity index (χ4n) is 6.56. The van der Waals surface area contributed by atoms with Crippen LogP contribution in [-0.4, -0.2) is 58.7 Å². The molecule has 0 radical (unpaired) electrons. The van der Waals surface area contributed by atoms with Crippen molar-refractivity contribution in [3.8, 4) is 0 Å².